The Balaban J connectivity index is 2.05. The standard InChI is InChI=1S/C20H28O6/c1-22-14-19-25-13-15(9-5-4-6-12-18(21)24-3)20(26-19)16-10-7-8-11-17(16)23-2/h4-5,7-8,10-11,15,19-20H,6,9,12-14H2,1-3H3/b5-4-. The minimum absolute atomic E-state index is 0.147. The second-order valence-electron chi connectivity index (χ2n) is 6.10. The van der Waals surface area contributed by atoms with Gasteiger partial charge in [-0.3, -0.25) is 4.79 Å². The summed E-state index contributed by atoms with van der Waals surface area (Å²) in [7, 11) is 4.69. The number of allylic oxidation sites excluding steroid dienone is 2. The largest absolute Gasteiger partial charge is 0.496 e. The smallest absolute Gasteiger partial charge is 0.305 e. The molecule has 0 radical (unpaired) electrons. The van der Waals surface area contributed by atoms with Gasteiger partial charge in [0.15, 0.2) is 6.29 Å². The van der Waals surface area contributed by atoms with E-state index in [2.05, 4.69) is 10.8 Å². The Morgan fingerprint density at radius 2 is 2.04 bits per heavy atom. The van der Waals surface area contributed by atoms with Crippen LogP contribution in [0.1, 0.15) is 30.9 Å². The van der Waals surface area contributed by atoms with Gasteiger partial charge in [0.05, 0.1) is 33.5 Å². The molecule has 3 atom stereocenters. The molecule has 1 aliphatic heterocycles. The zero-order valence-corrected chi connectivity index (χ0v) is 15.7. The lowest BCUT2D eigenvalue weighted by atomic mass is 9.91. The van der Waals surface area contributed by atoms with E-state index >= 15 is 0 Å². The molecule has 1 fully saturated rings. The summed E-state index contributed by atoms with van der Waals surface area (Å²) in [6, 6.07) is 7.87. The van der Waals surface area contributed by atoms with Gasteiger partial charge in [0.2, 0.25) is 0 Å². The second kappa shape index (κ2) is 11.0. The summed E-state index contributed by atoms with van der Waals surface area (Å²) in [5.74, 6) is 0.748. The Kier molecular flexibility index (Phi) is 8.61. The van der Waals surface area contributed by atoms with Gasteiger partial charge in [0.1, 0.15) is 5.75 Å². The average molecular weight is 364 g/mol. The SMILES string of the molecule is COCC1OCC(C/C=C\CCC(=O)OC)C(c2ccccc2OC)O1. The molecular weight excluding hydrogens is 336 g/mol. The molecule has 3 unspecified atom stereocenters. The second-order valence-corrected chi connectivity index (χ2v) is 6.10. The Morgan fingerprint density at radius 3 is 2.77 bits per heavy atom. The van der Waals surface area contributed by atoms with Gasteiger partial charge >= 0.3 is 5.97 Å². The van der Waals surface area contributed by atoms with E-state index in [0.717, 1.165) is 17.7 Å². The van der Waals surface area contributed by atoms with Crippen LogP contribution in [-0.4, -0.2) is 46.8 Å². The van der Waals surface area contributed by atoms with Crippen molar-refractivity contribution in [3.05, 3.63) is 42.0 Å². The number of carbonyl (C=O) groups excluding carboxylic acids is 1. The highest BCUT2D eigenvalue weighted by atomic mass is 16.7. The van der Waals surface area contributed by atoms with Gasteiger partial charge < -0.3 is 23.7 Å². The molecule has 0 aliphatic carbocycles. The summed E-state index contributed by atoms with van der Waals surface area (Å²) < 4.78 is 27.2. The van der Waals surface area contributed by atoms with E-state index in [4.69, 9.17) is 18.9 Å². The van der Waals surface area contributed by atoms with Crippen molar-refractivity contribution < 1.29 is 28.5 Å². The van der Waals surface area contributed by atoms with E-state index in [0.29, 0.717) is 26.1 Å². The molecule has 6 heteroatoms. The van der Waals surface area contributed by atoms with E-state index < -0.39 is 6.29 Å². The van der Waals surface area contributed by atoms with Gasteiger partial charge in [-0.2, -0.15) is 0 Å². The summed E-state index contributed by atoms with van der Waals surface area (Å²) in [6.45, 7) is 0.950. The van der Waals surface area contributed by atoms with Crippen LogP contribution in [0.15, 0.2) is 36.4 Å². The van der Waals surface area contributed by atoms with Gasteiger partial charge in [-0.1, -0.05) is 30.4 Å². The fourth-order valence-electron chi connectivity index (χ4n) is 2.97. The maximum atomic E-state index is 11.2. The maximum absolute atomic E-state index is 11.2. The molecule has 0 N–H and O–H groups in total. The average Bonchev–Trinajstić information content (AvgIpc) is 2.68. The number of hydrogen-bond acceptors (Lipinski definition) is 6. The Labute approximate surface area is 155 Å². The monoisotopic (exact) mass is 364 g/mol. The van der Waals surface area contributed by atoms with Crippen molar-refractivity contribution in [1.82, 2.24) is 0 Å². The lowest BCUT2D eigenvalue weighted by molar-refractivity contribution is -0.253. The third-order valence-electron chi connectivity index (χ3n) is 4.32. The van der Waals surface area contributed by atoms with Crippen LogP contribution >= 0.6 is 0 Å². The number of rotatable bonds is 9. The van der Waals surface area contributed by atoms with Crippen LogP contribution in [0.25, 0.3) is 0 Å². The first-order chi connectivity index (χ1) is 12.7. The first-order valence-electron chi connectivity index (χ1n) is 8.80. The number of para-hydroxylation sites is 1. The molecule has 0 aromatic heterocycles. The Hall–Kier alpha value is -1.89. The van der Waals surface area contributed by atoms with E-state index in [1.807, 2.05) is 30.3 Å². The van der Waals surface area contributed by atoms with Crippen LogP contribution in [0.3, 0.4) is 0 Å². The number of hydrogen-bond donors (Lipinski definition) is 0. The highest BCUT2D eigenvalue weighted by molar-refractivity contribution is 5.69. The zero-order chi connectivity index (χ0) is 18.8. The van der Waals surface area contributed by atoms with E-state index in [-0.39, 0.29) is 18.0 Å². The minimum atomic E-state index is -0.394. The molecule has 1 aromatic rings. The van der Waals surface area contributed by atoms with Crippen LogP contribution in [-0.2, 0) is 23.7 Å². The van der Waals surface area contributed by atoms with Gasteiger partial charge in [0, 0.05) is 25.0 Å². The van der Waals surface area contributed by atoms with E-state index in [9.17, 15) is 4.79 Å². The number of carbonyl (C=O) groups is 1. The molecule has 1 aromatic carbocycles. The van der Waals surface area contributed by atoms with Crippen molar-refractivity contribution in [2.24, 2.45) is 5.92 Å². The van der Waals surface area contributed by atoms with Crippen LogP contribution in [0.5, 0.6) is 5.75 Å². The molecule has 0 saturated carbocycles. The van der Waals surface area contributed by atoms with Crippen LogP contribution in [0.4, 0.5) is 0 Å². The Morgan fingerprint density at radius 1 is 1.23 bits per heavy atom. The topological polar surface area (TPSA) is 63.2 Å². The van der Waals surface area contributed by atoms with E-state index in [1.54, 1.807) is 14.2 Å². The van der Waals surface area contributed by atoms with Crippen LogP contribution < -0.4 is 4.74 Å². The van der Waals surface area contributed by atoms with Gasteiger partial charge in [-0.15, -0.1) is 0 Å². The van der Waals surface area contributed by atoms with Crippen molar-refractivity contribution in [2.75, 3.05) is 34.5 Å². The van der Waals surface area contributed by atoms with E-state index in [1.165, 1.54) is 7.11 Å². The molecule has 26 heavy (non-hydrogen) atoms. The summed E-state index contributed by atoms with van der Waals surface area (Å²) in [5, 5.41) is 0. The summed E-state index contributed by atoms with van der Waals surface area (Å²) in [5.41, 5.74) is 1.01. The molecule has 144 valence electrons. The third-order valence-corrected chi connectivity index (χ3v) is 4.32. The van der Waals surface area contributed by atoms with Crippen molar-refractivity contribution >= 4 is 5.97 Å². The molecule has 1 saturated heterocycles. The summed E-state index contributed by atoms with van der Waals surface area (Å²) in [6.07, 6.45) is 5.35. The summed E-state index contributed by atoms with van der Waals surface area (Å²) >= 11 is 0. The third kappa shape index (κ3) is 5.83. The van der Waals surface area contributed by atoms with Gasteiger partial charge in [-0.05, 0) is 18.9 Å². The zero-order valence-electron chi connectivity index (χ0n) is 15.7. The number of esters is 1. The number of benzene rings is 1. The predicted octanol–water partition coefficient (Wildman–Crippen LogP) is 3.27. The fourth-order valence-corrected chi connectivity index (χ4v) is 2.97. The maximum Gasteiger partial charge on any atom is 0.305 e. The Bertz CT molecular complexity index is 585. The molecule has 6 nitrogen and oxygen atoms in total. The highest BCUT2D eigenvalue weighted by Gasteiger charge is 2.34. The molecule has 0 amide bonds. The molecule has 1 heterocycles. The van der Waals surface area contributed by atoms with Crippen LogP contribution in [0.2, 0.25) is 0 Å². The van der Waals surface area contributed by atoms with Crippen molar-refractivity contribution in [1.29, 1.82) is 0 Å². The highest BCUT2D eigenvalue weighted by Crippen LogP contribution is 2.38. The van der Waals surface area contributed by atoms with Gasteiger partial charge in [0.25, 0.3) is 0 Å². The summed E-state index contributed by atoms with van der Waals surface area (Å²) in [4.78, 5) is 11.2. The lowest BCUT2D eigenvalue weighted by Gasteiger charge is -2.36. The molecule has 0 spiro atoms. The normalized spacial score (nSPS) is 23.1. The van der Waals surface area contributed by atoms with Crippen molar-refractivity contribution in [3.63, 3.8) is 0 Å². The number of methoxy groups -OCH3 is 3. The van der Waals surface area contributed by atoms with Gasteiger partial charge in [-0.25, -0.2) is 0 Å². The number of ether oxygens (including phenoxy) is 5. The predicted molar refractivity (Wildman–Crippen MR) is 96.9 cm³/mol. The molecule has 0 bridgehead atoms. The lowest BCUT2D eigenvalue weighted by Crippen LogP contribution is -2.37. The molecule has 1 aliphatic rings. The minimum Gasteiger partial charge on any atom is -0.496 e. The van der Waals surface area contributed by atoms with Crippen molar-refractivity contribution in [2.45, 2.75) is 31.7 Å². The van der Waals surface area contributed by atoms with Crippen molar-refractivity contribution in [3.8, 4) is 5.75 Å². The quantitative estimate of drug-likeness (QED) is 0.495. The first kappa shape index (κ1) is 20.4. The fraction of sp³-hybridized carbons (Fsp3) is 0.550. The molecule has 2 rings (SSSR count). The van der Waals surface area contributed by atoms with Crippen LogP contribution in [0, 0.1) is 5.92 Å². The molecular formula is C20H28O6. The first-order valence-corrected chi connectivity index (χ1v) is 8.80.